The van der Waals surface area contributed by atoms with E-state index < -0.39 is 21.3 Å². The molecular formula is C29H33N3O6S. The van der Waals surface area contributed by atoms with E-state index in [0.29, 0.717) is 23.5 Å². The molecular weight excluding hydrogens is 518 g/mol. The predicted octanol–water partition coefficient (Wildman–Crippen LogP) is 3.80. The van der Waals surface area contributed by atoms with Gasteiger partial charge in [0.15, 0.2) is 0 Å². The number of hydrogen-bond acceptors (Lipinski definition) is 6. The molecule has 9 nitrogen and oxygen atoms in total. The van der Waals surface area contributed by atoms with Crippen molar-refractivity contribution in [1.82, 2.24) is 9.55 Å². The van der Waals surface area contributed by atoms with Gasteiger partial charge in [0.1, 0.15) is 5.75 Å². The molecule has 0 bridgehead atoms. The van der Waals surface area contributed by atoms with Crippen LogP contribution in [0.1, 0.15) is 32.8 Å². The van der Waals surface area contributed by atoms with Gasteiger partial charge in [-0.1, -0.05) is 39.0 Å². The van der Waals surface area contributed by atoms with E-state index in [-0.39, 0.29) is 18.6 Å². The minimum absolute atomic E-state index is 0.106. The lowest BCUT2D eigenvalue weighted by Gasteiger charge is -2.26. The van der Waals surface area contributed by atoms with E-state index in [1.807, 2.05) is 42.5 Å². The standard InChI is InChI=1S/C29H33N3O6S/c1-29(2,3)25-18-23(31-13-11-26(34)30-28(31)35)17-24(27(25)38-4)21-8-7-20-16-22(10-9-19(20)15-21)32(12-6-14-33)39(5,36)37/h7-11,13,15-18,33H,6,12,14H2,1-5H3,(H,30,34,35). The molecule has 206 valence electrons. The van der Waals surface area contributed by atoms with E-state index in [1.54, 1.807) is 13.2 Å². The molecule has 0 amide bonds. The Morgan fingerprint density at radius 1 is 1.00 bits per heavy atom. The summed E-state index contributed by atoms with van der Waals surface area (Å²) in [5.41, 5.74) is 2.28. The first-order chi connectivity index (χ1) is 18.3. The van der Waals surface area contributed by atoms with E-state index in [0.717, 1.165) is 33.7 Å². The lowest BCUT2D eigenvalue weighted by Crippen LogP contribution is -2.31. The molecule has 39 heavy (non-hydrogen) atoms. The Bertz CT molecular complexity index is 1750. The quantitative estimate of drug-likeness (QED) is 0.344. The topological polar surface area (TPSA) is 122 Å². The van der Waals surface area contributed by atoms with Gasteiger partial charge in [-0.05, 0) is 58.5 Å². The predicted molar refractivity (Wildman–Crippen MR) is 155 cm³/mol. The molecule has 0 aliphatic rings. The number of aromatic amines is 1. The van der Waals surface area contributed by atoms with Crippen LogP contribution in [0.4, 0.5) is 5.69 Å². The highest BCUT2D eigenvalue weighted by Crippen LogP contribution is 2.42. The lowest BCUT2D eigenvalue weighted by atomic mass is 9.83. The van der Waals surface area contributed by atoms with Crippen LogP contribution in [-0.2, 0) is 15.4 Å². The number of aliphatic hydroxyl groups excluding tert-OH is 1. The third-order valence-electron chi connectivity index (χ3n) is 6.53. The average molecular weight is 552 g/mol. The van der Waals surface area contributed by atoms with Crippen molar-refractivity contribution in [3.63, 3.8) is 0 Å². The van der Waals surface area contributed by atoms with Crippen molar-refractivity contribution in [2.75, 3.05) is 30.8 Å². The van der Waals surface area contributed by atoms with Gasteiger partial charge in [0.05, 0.1) is 24.7 Å². The van der Waals surface area contributed by atoms with Crippen LogP contribution >= 0.6 is 0 Å². The molecule has 0 aliphatic carbocycles. The third-order valence-corrected chi connectivity index (χ3v) is 7.72. The van der Waals surface area contributed by atoms with Gasteiger partial charge in [0.25, 0.3) is 5.56 Å². The highest BCUT2D eigenvalue weighted by molar-refractivity contribution is 7.92. The first kappa shape index (κ1) is 28.1. The van der Waals surface area contributed by atoms with Gasteiger partial charge >= 0.3 is 5.69 Å². The average Bonchev–Trinajstić information content (AvgIpc) is 2.86. The van der Waals surface area contributed by atoms with E-state index in [9.17, 15) is 23.1 Å². The van der Waals surface area contributed by atoms with Crippen molar-refractivity contribution < 1.29 is 18.3 Å². The molecule has 1 aromatic heterocycles. The van der Waals surface area contributed by atoms with Crippen molar-refractivity contribution >= 4 is 26.5 Å². The number of fused-ring (bicyclic) bond motifs is 1. The number of aromatic nitrogens is 2. The number of anilines is 1. The van der Waals surface area contributed by atoms with Crippen LogP contribution in [0.3, 0.4) is 0 Å². The molecule has 0 unspecified atom stereocenters. The third kappa shape index (κ3) is 5.91. The number of hydrogen-bond donors (Lipinski definition) is 2. The first-order valence-corrected chi connectivity index (χ1v) is 14.4. The monoisotopic (exact) mass is 551 g/mol. The van der Waals surface area contributed by atoms with Crippen LogP contribution in [0, 0.1) is 0 Å². The van der Waals surface area contributed by atoms with Gasteiger partial charge in [0, 0.05) is 36.5 Å². The number of nitrogens with zero attached hydrogens (tertiary/aromatic N) is 2. The van der Waals surface area contributed by atoms with Gasteiger partial charge < -0.3 is 9.84 Å². The molecule has 4 rings (SSSR count). The summed E-state index contributed by atoms with van der Waals surface area (Å²) in [4.78, 5) is 26.6. The Morgan fingerprint density at radius 3 is 2.31 bits per heavy atom. The number of H-pyrrole nitrogens is 1. The van der Waals surface area contributed by atoms with Crippen molar-refractivity contribution in [1.29, 1.82) is 0 Å². The van der Waals surface area contributed by atoms with Crippen LogP contribution < -0.4 is 20.3 Å². The smallest absolute Gasteiger partial charge is 0.332 e. The van der Waals surface area contributed by atoms with Gasteiger partial charge in [-0.2, -0.15) is 0 Å². The van der Waals surface area contributed by atoms with Crippen LogP contribution in [-0.4, -0.2) is 49.6 Å². The fraction of sp³-hybridized carbons (Fsp3) is 0.310. The number of aliphatic hydroxyl groups is 1. The largest absolute Gasteiger partial charge is 0.496 e. The van der Waals surface area contributed by atoms with Gasteiger partial charge in [-0.15, -0.1) is 0 Å². The second-order valence-electron chi connectivity index (χ2n) is 10.5. The van der Waals surface area contributed by atoms with Gasteiger partial charge in [0.2, 0.25) is 10.0 Å². The fourth-order valence-electron chi connectivity index (χ4n) is 4.62. The van der Waals surface area contributed by atoms with Crippen LogP contribution in [0.15, 0.2) is 70.4 Å². The second-order valence-corrected chi connectivity index (χ2v) is 12.4. The Balaban J connectivity index is 1.90. The molecule has 1 heterocycles. The zero-order chi connectivity index (χ0) is 28.5. The van der Waals surface area contributed by atoms with E-state index in [4.69, 9.17) is 4.74 Å². The molecule has 0 spiro atoms. The summed E-state index contributed by atoms with van der Waals surface area (Å²) in [6, 6.07) is 16.3. The summed E-state index contributed by atoms with van der Waals surface area (Å²) >= 11 is 0. The lowest BCUT2D eigenvalue weighted by molar-refractivity contribution is 0.291. The number of methoxy groups -OCH3 is 1. The minimum Gasteiger partial charge on any atom is -0.496 e. The Hall–Kier alpha value is -3.89. The summed E-state index contributed by atoms with van der Waals surface area (Å²) in [6.07, 6.45) is 2.93. The number of benzene rings is 3. The van der Waals surface area contributed by atoms with Gasteiger partial charge in [-0.25, -0.2) is 13.2 Å². The maximum atomic E-state index is 12.6. The molecule has 0 aliphatic heterocycles. The number of ether oxygens (including phenoxy) is 1. The highest BCUT2D eigenvalue weighted by atomic mass is 32.2. The molecule has 0 radical (unpaired) electrons. The molecule has 3 aromatic carbocycles. The van der Waals surface area contributed by atoms with E-state index >= 15 is 0 Å². The zero-order valence-electron chi connectivity index (χ0n) is 22.7. The number of nitrogens with one attached hydrogen (secondary N) is 1. The maximum Gasteiger partial charge on any atom is 0.332 e. The van der Waals surface area contributed by atoms with E-state index in [1.165, 1.54) is 21.1 Å². The number of sulfonamides is 1. The van der Waals surface area contributed by atoms with Crippen LogP contribution in [0.25, 0.3) is 27.6 Å². The SMILES string of the molecule is COc1c(-c2ccc3cc(N(CCCO)S(C)(=O)=O)ccc3c2)cc(-n2ccc(=O)[nH]c2=O)cc1C(C)(C)C. The van der Waals surface area contributed by atoms with Gasteiger partial charge in [-0.3, -0.25) is 18.7 Å². The summed E-state index contributed by atoms with van der Waals surface area (Å²) in [6.45, 7) is 6.25. The molecule has 0 saturated carbocycles. The van der Waals surface area contributed by atoms with Crippen molar-refractivity contribution in [3.05, 3.63) is 87.2 Å². The van der Waals surface area contributed by atoms with E-state index in [2.05, 4.69) is 25.8 Å². The van der Waals surface area contributed by atoms with Crippen molar-refractivity contribution in [2.24, 2.45) is 0 Å². The molecule has 0 fully saturated rings. The molecule has 0 atom stereocenters. The van der Waals surface area contributed by atoms with Crippen LogP contribution in [0.5, 0.6) is 5.75 Å². The van der Waals surface area contributed by atoms with Crippen molar-refractivity contribution in [3.8, 4) is 22.6 Å². The second kappa shape index (κ2) is 10.7. The normalized spacial score (nSPS) is 12.1. The Labute approximate surface area is 227 Å². The van der Waals surface area contributed by atoms with Crippen LogP contribution in [0.2, 0.25) is 0 Å². The highest BCUT2D eigenvalue weighted by Gasteiger charge is 2.24. The fourth-order valence-corrected chi connectivity index (χ4v) is 5.58. The molecule has 4 aromatic rings. The Morgan fingerprint density at radius 2 is 1.69 bits per heavy atom. The first-order valence-electron chi connectivity index (χ1n) is 12.5. The summed E-state index contributed by atoms with van der Waals surface area (Å²) in [7, 11) is -1.91. The minimum atomic E-state index is -3.52. The zero-order valence-corrected chi connectivity index (χ0v) is 23.5. The Kier molecular flexibility index (Phi) is 7.72. The number of rotatable bonds is 8. The molecule has 10 heteroatoms. The summed E-state index contributed by atoms with van der Waals surface area (Å²) in [5, 5.41) is 10.9. The van der Waals surface area contributed by atoms with Crippen molar-refractivity contribution in [2.45, 2.75) is 32.6 Å². The summed E-state index contributed by atoms with van der Waals surface area (Å²) in [5.74, 6) is 0.673. The maximum absolute atomic E-state index is 12.6. The molecule has 0 saturated heterocycles. The molecule has 2 N–H and O–H groups in total. The summed E-state index contributed by atoms with van der Waals surface area (Å²) < 4.78 is 33.3.